The number of hydrogen-bond donors (Lipinski definition) is 2. The quantitative estimate of drug-likeness (QED) is 0.322. The minimum Gasteiger partial charge on any atom is -0.319 e. The molecule has 0 unspecified atom stereocenters. The molecule has 0 radical (unpaired) electrons. The minimum atomic E-state index is -4.82. The van der Waals surface area contributed by atoms with Gasteiger partial charge in [0.25, 0.3) is 11.8 Å². The van der Waals surface area contributed by atoms with Crippen molar-refractivity contribution in [3.05, 3.63) is 67.4 Å². The summed E-state index contributed by atoms with van der Waals surface area (Å²) in [4.78, 5) is 29.6. The molecule has 7 nitrogen and oxygen atoms in total. The number of carbonyl (C=O) groups is 2. The van der Waals surface area contributed by atoms with Crippen molar-refractivity contribution in [1.29, 1.82) is 0 Å². The zero-order valence-corrected chi connectivity index (χ0v) is 21.2. The van der Waals surface area contributed by atoms with Gasteiger partial charge in [-0.25, -0.2) is 9.67 Å². The summed E-state index contributed by atoms with van der Waals surface area (Å²) >= 11 is 13.8. The number of benzene rings is 1. The van der Waals surface area contributed by atoms with Gasteiger partial charge in [-0.05, 0) is 40.2 Å². The van der Waals surface area contributed by atoms with Crippen LogP contribution in [0.4, 0.5) is 18.9 Å². The van der Waals surface area contributed by atoms with E-state index in [2.05, 4.69) is 52.0 Å². The molecule has 3 rings (SSSR count). The van der Waals surface area contributed by atoms with Crippen LogP contribution in [-0.2, 0) is 6.18 Å². The van der Waals surface area contributed by atoms with E-state index in [1.807, 2.05) is 6.92 Å². The number of halogens is 6. The fraction of sp³-hybridized carbons (Fsp3) is 0.158. The molecule has 0 saturated carbocycles. The van der Waals surface area contributed by atoms with E-state index in [1.54, 1.807) is 6.07 Å². The first-order chi connectivity index (χ1) is 15.5. The number of nitrogens with one attached hydrogen (secondary N) is 2. The van der Waals surface area contributed by atoms with E-state index in [0.29, 0.717) is 25.4 Å². The predicted molar refractivity (Wildman–Crippen MR) is 127 cm³/mol. The fourth-order valence-corrected chi connectivity index (χ4v) is 4.54. The van der Waals surface area contributed by atoms with E-state index in [1.165, 1.54) is 24.4 Å². The van der Waals surface area contributed by atoms with Gasteiger partial charge in [0.1, 0.15) is 5.69 Å². The van der Waals surface area contributed by atoms with Gasteiger partial charge in [-0.15, -0.1) is 0 Å². The van der Waals surface area contributed by atoms with Gasteiger partial charge in [0.15, 0.2) is 11.5 Å². The Balaban J connectivity index is 2.08. The lowest BCUT2D eigenvalue weighted by molar-refractivity contribution is -0.141. The second-order valence-corrected chi connectivity index (χ2v) is 9.51. The first kappa shape index (κ1) is 25.5. The molecule has 0 aliphatic carbocycles. The van der Waals surface area contributed by atoms with E-state index in [4.69, 9.17) is 11.6 Å². The maximum absolute atomic E-state index is 13.4. The summed E-state index contributed by atoms with van der Waals surface area (Å²) in [5, 5.41) is 5.98. The summed E-state index contributed by atoms with van der Waals surface area (Å²) in [6.07, 6.45) is -3.51. The van der Waals surface area contributed by atoms with Gasteiger partial charge in [-0.3, -0.25) is 14.3 Å². The molecule has 0 fully saturated rings. The summed E-state index contributed by atoms with van der Waals surface area (Å²) in [6, 6.07) is 6.52. The molecule has 3 aromatic rings. The topological polar surface area (TPSA) is 88.9 Å². The smallest absolute Gasteiger partial charge is 0.319 e. The predicted octanol–water partition coefficient (Wildman–Crippen LogP) is 6.11. The van der Waals surface area contributed by atoms with Crippen molar-refractivity contribution in [2.24, 2.45) is 0 Å². The van der Waals surface area contributed by atoms with Crippen LogP contribution in [0.25, 0.3) is 5.82 Å². The van der Waals surface area contributed by atoms with Gasteiger partial charge in [0.05, 0.1) is 16.3 Å². The molecular weight excluding hydrogens is 615 g/mol. The van der Waals surface area contributed by atoms with E-state index in [-0.39, 0.29) is 22.1 Å². The largest absolute Gasteiger partial charge is 0.435 e. The Morgan fingerprint density at radius 1 is 1.21 bits per heavy atom. The van der Waals surface area contributed by atoms with Crippen molar-refractivity contribution < 1.29 is 22.8 Å². The number of hydrogen-bond acceptors (Lipinski definition) is 5. The third-order valence-electron chi connectivity index (χ3n) is 4.02. The number of amides is 2. The summed E-state index contributed by atoms with van der Waals surface area (Å²) in [6.45, 7) is 1.84. The minimum absolute atomic E-state index is 0.00939. The summed E-state index contributed by atoms with van der Waals surface area (Å²) in [7, 11) is 0. The highest BCUT2D eigenvalue weighted by atomic mass is 79.9. The van der Waals surface area contributed by atoms with Crippen LogP contribution in [0.5, 0.6) is 0 Å². The summed E-state index contributed by atoms with van der Waals surface area (Å²) in [5.74, 6) is -1.02. The first-order valence-electron chi connectivity index (χ1n) is 9.03. The molecule has 174 valence electrons. The summed E-state index contributed by atoms with van der Waals surface area (Å²) in [5.41, 5.74) is -1.64. The van der Waals surface area contributed by atoms with Crippen LogP contribution in [0.15, 0.2) is 45.5 Å². The van der Waals surface area contributed by atoms with Gasteiger partial charge in [-0.2, -0.15) is 18.3 Å². The van der Waals surface area contributed by atoms with Gasteiger partial charge in [-0.1, -0.05) is 46.4 Å². The van der Waals surface area contributed by atoms with Crippen molar-refractivity contribution in [2.75, 3.05) is 11.1 Å². The molecular formula is C19H13Br2ClF3N5O2S. The van der Waals surface area contributed by atoms with Crippen LogP contribution in [0, 0.1) is 0 Å². The summed E-state index contributed by atoms with van der Waals surface area (Å²) < 4.78 is 44.3. The van der Waals surface area contributed by atoms with Crippen LogP contribution in [-0.4, -0.2) is 32.3 Å². The average Bonchev–Trinajstić information content (AvgIpc) is 3.20. The molecule has 2 amide bonds. The van der Waals surface area contributed by atoms with Gasteiger partial charge >= 0.3 is 6.18 Å². The molecule has 2 heterocycles. The van der Waals surface area contributed by atoms with Crippen molar-refractivity contribution in [1.82, 2.24) is 19.5 Å². The third kappa shape index (κ3) is 5.89. The molecule has 0 bridgehead atoms. The Morgan fingerprint density at radius 2 is 1.94 bits per heavy atom. The number of carbonyl (C=O) groups excluding carboxylic acids is 2. The molecule has 2 N–H and O–H groups in total. The zero-order valence-electron chi connectivity index (χ0n) is 16.5. The van der Waals surface area contributed by atoms with Crippen molar-refractivity contribution in [3.8, 4) is 5.82 Å². The Kier molecular flexibility index (Phi) is 8.08. The van der Waals surface area contributed by atoms with Gasteiger partial charge in [0.2, 0.25) is 0 Å². The van der Waals surface area contributed by atoms with Crippen molar-refractivity contribution in [3.63, 3.8) is 0 Å². The number of alkyl halides is 3. The Labute approximate surface area is 211 Å². The number of anilines is 1. The number of nitrogens with zero attached hydrogens (tertiary/aromatic N) is 3. The van der Waals surface area contributed by atoms with E-state index in [9.17, 15) is 22.8 Å². The Morgan fingerprint density at radius 3 is 2.58 bits per heavy atom. The molecule has 1 aromatic carbocycles. The standard InChI is InChI=1S/C19H13Br2ClF3N5O2S/c1-2-33-29-17(31)10-6-9(20)7-11(21)15(10)27-18(32)13-8-14(19(23,24)25)28-30(13)16-12(22)4-3-5-26-16/h3-8H,2H2,1H3,(H,27,32)(H,29,31). The molecule has 0 aliphatic rings. The molecule has 0 aliphatic heterocycles. The molecule has 0 atom stereocenters. The van der Waals surface area contributed by atoms with E-state index < -0.39 is 29.4 Å². The van der Waals surface area contributed by atoms with Gasteiger partial charge in [0, 0.05) is 27.0 Å². The maximum Gasteiger partial charge on any atom is 0.435 e. The van der Waals surface area contributed by atoms with Crippen LogP contribution < -0.4 is 10.0 Å². The van der Waals surface area contributed by atoms with E-state index >= 15 is 0 Å². The number of rotatable bonds is 6. The molecule has 2 aromatic heterocycles. The first-order valence-corrected chi connectivity index (χ1v) is 12.0. The second kappa shape index (κ2) is 10.5. The average molecular weight is 628 g/mol. The lowest BCUT2D eigenvalue weighted by atomic mass is 10.1. The van der Waals surface area contributed by atoms with E-state index in [0.717, 1.165) is 11.9 Å². The van der Waals surface area contributed by atoms with Crippen molar-refractivity contribution >= 4 is 72.9 Å². The van der Waals surface area contributed by atoms with Crippen LogP contribution in [0.2, 0.25) is 5.02 Å². The van der Waals surface area contributed by atoms with Crippen LogP contribution in [0.3, 0.4) is 0 Å². The van der Waals surface area contributed by atoms with Crippen molar-refractivity contribution in [2.45, 2.75) is 13.1 Å². The Hall–Kier alpha value is -2.09. The zero-order chi connectivity index (χ0) is 24.3. The normalized spacial score (nSPS) is 11.4. The molecule has 0 saturated heterocycles. The highest BCUT2D eigenvalue weighted by Gasteiger charge is 2.37. The lowest BCUT2D eigenvalue weighted by Crippen LogP contribution is -2.22. The second-order valence-electron chi connectivity index (χ2n) is 6.26. The highest BCUT2D eigenvalue weighted by molar-refractivity contribution is 9.11. The molecule has 33 heavy (non-hydrogen) atoms. The monoisotopic (exact) mass is 625 g/mol. The number of aromatic nitrogens is 3. The van der Waals surface area contributed by atoms with Crippen LogP contribution in [0.1, 0.15) is 33.5 Å². The molecule has 0 spiro atoms. The highest BCUT2D eigenvalue weighted by Crippen LogP contribution is 2.33. The molecule has 14 heteroatoms. The van der Waals surface area contributed by atoms with Gasteiger partial charge < -0.3 is 5.32 Å². The maximum atomic E-state index is 13.4. The number of pyridine rings is 1. The fourth-order valence-electron chi connectivity index (χ4n) is 2.63. The third-order valence-corrected chi connectivity index (χ3v) is 6.02. The lowest BCUT2D eigenvalue weighted by Gasteiger charge is -2.14. The Bertz CT molecular complexity index is 1220. The van der Waals surface area contributed by atoms with Crippen LogP contribution >= 0.6 is 55.4 Å². The SMILES string of the molecule is CCSNC(=O)c1cc(Br)cc(Br)c1NC(=O)c1cc(C(F)(F)F)nn1-c1ncccc1Cl.